The third-order valence-electron chi connectivity index (χ3n) is 5.82. The number of hydrogen-bond donors (Lipinski definition) is 1. The first-order valence-corrected chi connectivity index (χ1v) is 12.8. The summed E-state index contributed by atoms with van der Waals surface area (Å²) in [4.78, 5) is 32.6. The van der Waals surface area contributed by atoms with Gasteiger partial charge in [0.1, 0.15) is 0 Å². The molecule has 1 N–H and O–H groups in total. The van der Waals surface area contributed by atoms with Gasteiger partial charge in [-0.1, -0.05) is 59.8 Å². The van der Waals surface area contributed by atoms with E-state index < -0.39 is 5.25 Å². The molecule has 0 unspecified atom stereocenters. The van der Waals surface area contributed by atoms with Crippen LogP contribution < -0.4 is 14.8 Å². The zero-order valence-electron chi connectivity index (χ0n) is 19.4. The van der Waals surface area contributed by atoms with E-state index in [4.69, 9.17) is 26.1 Å². The summed E-state index contributed by atoms with van der Waals surface area (Å²) in [6.45, 7) is 0.984. The van der Waals surface area contributed by atoms with Gasteiger partial charge in [0, 0.05) is 18.0 Å². The molecule has 0 bridgehead atoms. The summed E-state index contributed by atoms with van der Waals surface area (Å²) in [5, 5.41) is 3.47. The summed E-state index contributed by atoms with van der Waals surface area (Å²) in [5.74, 6) is 0.995. The number of nitrogens with zero attached hydrogens (tertiary/aromatic N) is 2. The molecule has 1 atom stereocenters. The second kappa shape index (κ2) is 11.1. The minimum atomic E-state index is -0.563. The molecule has 3 aromatic rings. The minimum Gasteiger partial charge on any atom is -0.454 e. The number of aliphatic imine (C=N–C) groups is 1. The third kappa shape index (κ3) is 5.83. The maximum absolute atomic E-state index is 13.3. The van der Waals surface area contributed by atoms with Gasteiger partial charge in [-0.3, -0.25) is 14.5 Å². The van der Waals surface area contributed by atoms with Crippen molar-refractivity contribution in [2.45, 2.75) is 24.6 Å². The number of halogens is 1. The Kier molecular flexibility index (Phi) is 7.44. The molecule has 7 nitrogen and oxygen atoms in total. The molecule has 3 aromatic carbocycles. The van der Waals surface area contributed by atoms with Crippen molar-refractivity contribution in [3.05, 3.63) is 88.9 Å². The van der Waals surface area contributed by atoms with E-state index in [1.807, 2.05) is 48.5 Å². The lowest BCUT2D eigenvalue weighted by Gasteiger charge is -2.32. The molecule has 1 saturated heterocycles. The van der Waals surface area contributed by atoms with Crippen molar-refractivity contribution in [3.63, 3.8) is 0 Å². The van der Waals surface area contributed by atoms with Gasteiger partial charge in [-0.15, -0.1) is 0 Å². The second-order valence-corrected chi connectivity index (χ2v) is 9.98. The number of carbonyl (C=O) groups is 2. The second-order valence-electron chi connectivity index (χ2n) is 8.38. The zero-order valence-corrected chi connectivity index (χ0v) is 20.9. The summed E-state index contributed by atoms with van der Waals surface area (Å²) < 4.78 is 10.9. The summed E-state index contributed by atoms with van der Waals surface area (Å²) in [7, 11) is 0. The number of ether oxygens (including phenoxy) is 2. The molecule has 0 spiro atoms. The highest BCUT2D eigenvalue weighted by Gasteiger charge is 2.36. The first-order valence-electron chi connectivity index (χ1n) is 11.6. The number of carbonyl (C=O) groups excluding carboxylic acids is 2. The molecule has 2 aliphatic heterocycles. The average molecular weight is 522 g/mol. The van der Waals surface area contributed by atoms with Gasteiger partial charge in [0.05, 0.1) is 17.5 Å². The first-order chi connectivity index (χ1) is 17.5. The van der Waals surface area contributed by atoms with E-state index in [2.05, 4.69) is 5.32 Å². The van der Waals surface area contributed by atoms with Crippen LogP contribution in [0.2, 0.25) is 5.02 Å². The predicted molar refractivity (Wildman–Crippen MR) is 141 cm³/mol. The predicted octanol–water partition coefficient (Wildman–Crippen LogP) is 4.95. The lowest BCUT2D eigenvalue weighted by molar-refractivity contribution is -0.130. The summed E-state index contributed by atoms with van der Waals surface area (Å²) in [6, 6.07) is 22.6. The van der Waals surface area contributed by atoms with Crippen molar-refractivity contribution < 1.29 is 19.1 Å². The van der Waals surface area contributed by atoms with Gasteiger partial charge in [0.25, 0.3) is 0 Å². The molecule has 0 aromatic heterocycles. The smallest absolute Gasteiger partial charge is 0.234 e. The molecule has 0 saturated carbocycles. The van der Waals surface area contributed by atoms with E-state index in [0.717, 1.165) is 17.5 Å². The van der Waals surface area contributed by atoms with Gasteiger partial charge < -0.3 is 14.8 Å². The van der Waals surface area contributed by atoms with Crippen LogP contribution in [0.5, 0.6) is 11.5 Å². The van der Waals surface area contributed by atoms with Crippen LogP contribution in [0, 0.1) is 0 Å². The minimum absolute atomic E-state index is 0.0893. The normalized spacial score (nSPS) is 17.9. The van der Waals surface area contributed by atoms with Crippen molar-refractivity contribution >= 4 is 46.0 Å². The number of amides is 2. The molecule has 9 heteroatoms. The van der Waals surface area contributed by atoms with E-state index in [0.29, 0.717) is 40.5 Å². The van der Waals surface area contributed by atoms with Crippen molar-refractivity contribution in [2.75, 3.05) is 13.3 Å². The quantitative estimate of drug-likeness (QED) is 0.476. The lowest BCUT2D eigenvalue weighted by Crippen LogP contribution is -2.46. The van der Waals surface area contributed by atoms with Crippen molar-refractivity contribution in [2.24, 2.45) is 4.99 Å². The molecule has 36 heavy (non-hydrogen) atoms. The Hall–Kier alpha value is -3.49. The van der Waals surface area contributed by atoms with Crippen LogP contribution in [0.3, 0.4) is 0 Å². The van der Waals surface area contributed by atoms with Crippen LogP contribution in [-0.2, 0) is 22.6 Å². The fourth-order valence-electron chi connectivity index (χ4n) is 3.93. The number of nitrogens with one attached hydrogen (secondary N) is 1. The molecular weight excluding hydrogens is 498 g/mol. The van der Waals surface area contributed by atoms with Gasteiger partial charge >= 0.3 is 0 Å². The Morgan fingerprint density at radius 2 is 1.81 bits per heavy atom. The topological polar surface area (TPSA) is 80.2 Å². The summed E-state index contributed by atoms with van der Waals surface area (Å²) in [6.07, 6.45) is 0.811. The molecule has 2 amide bonds. The monoisotopic (exact) mass is 521 g/mol. The highest BCUT2D eigenvalue weighted by atomic mass is 35.5. The van der Waals surface area contributed by atoms with Gasteiger partial charge in [0.15, 0.2) is 16.7 Å². The lowest BCUT2D eigenvalue weighted by atomic mass is 10.1. The summed E-state index contributed by atoms with van der Waals surface area (Å²) >= 11 is 7.32. The van der Waals surface area contributed by atoms with Crippen LogP contribution in [-0.4, -0.2) is 40.5 Å². The van der Waals surface area contributed by atoms with Crippen LogP contribution in [0.4, 0.5) is 5.69 Å². The Labute approximate surface area is 218 Å². The maximum atomic E-state index is 13.3. The number of hydrogen-bond acceptors (Lipinski definition) is 6. The zero-order chi connectivity index (χ0) is 24.9. The van der Waals surface area contributed by atoms with Crippen molar-refractivity contribution in [1.29, 1.82) is 0 Å². The van der Waals surface area contributed by atoms with E-state index in [1.165, 1.54) is 11.8 Å². The molecule has 0 aliphatic carbocycles. The van der Waals surface area contributed by atoms with E-state index in [9.17, 15) is 9.59 Å². The number of fused-ring (bicyclic) bond motifs is 1. The van der Waals surface area contributed by atoms with Crippen LogP contribution in [0.25, 0.3) is 0 Å². The van der Waals surface area contributed by atoms with Gasteiger partial charge in [-0.25, -0.2) is 4.99 Å². The van der Waals surface area contributed by atoms with E-state index >= 15 is 0 Å². The largest absolute Gasteiger partial charge is 0.454 e. The molecule has 0 radical (unpaired) electrons. The highest BCUT2D eigenvalue weighted by molar-refractivity contribution is 8.15. The SMILES string of the molecule is O=C(NCCc1ccccc1)[C@H]1CC(=O)N(Cc2ccc3c(c2)OCO3)C(=Nc2ccc(Cl)cc2)S1. The molecule has 184 valence electrons. The fourth-order valence-corrected chi connectivity index (χ4v) is 5.18. The number of amidine groups is 1. The molecule has 5 rings (SSSR count). The van der Waals surface area contributed by atoms with Gasteiger partial charge in [-0.05, 0) is 53.9 Å². The standard InChI is InChI=1S/C27H24ClN3O4S/c28-20-7-9-21(10-8-20)30-27-31(16-19-6-11-22-23(14-19)35-17-34-22)25(32)15-24(36-27)26(33)29-13-12-18-4-2-1-3-5-18/h1-11,14,24H,12-13,15-17H2,(H,29,33)/t24-/m1/s1. The van der Waals surface area contributed by atoms with Gasteiger partial charge in [0.2, 0.25) is 18.6 Å². The fraction of sp³-hybridized carbons (Fsp3) is 0.222. The van der Waals surface area contributed by atoms with Crippen LogP contribution in [0.1, 0.15) is 17.5 Å². The third-order valence-corrected chi connectivity index (χ3v) is 7.26. The van der Waals surface area contributed by atoms with Crippen molar-refractivity contribution in [3.8, 4) is 11.5 Å². The first kappa shape index (κ1) is 24.2. The molecule has 1 fully saturated rings. The molecule has 2 heterocycles. The van der Waals surface area contributed by atoms with E-state index in [1.54, 1.807) is 29.2 Å². The van der Waals surface area contributed by atoms with Crippen LogP contribution in [0.15, 0.2) is 77.8 Å². The number of thioether (sulfide) groups is 1. The van der Waals surface area contributed by atoms with Crippen LogP contribution >= 0.6 is 23.4 Å². The van der Waals surface area contributed by atoms with Gasteiger partial charge in [-0.2, -0.15) is 0 Å². The number of rotatable bonds is 7. The molecule has 2 aliphatic rings. The Bertz CT molecular complexity index is 1280. The number of benzene rings is 3. The maximum Gasteiger partial charge on any atom is 0.234 e. The average Bonchev–Trinajstić information content (AvgIpc) is 3.36. The van der Waals surface area contributed by atoms with Crippen molar-refractivity contribution in [1.82, 2.24) is 10.2 Å². The Morgan fingerprint density at radius 1 is 1.03 bits per heavy atom. The summed E-state index contributed by atoms with van der Waals surface area (Å²) in [5.41, 5.74) is 2.67. The Morgan fingerprint density at radius 3 is 2.61 bits per heavy atom. The Balaban J connectivity index is 1.32. The molecular formula is C27H24ClN3O4S. The van der Waals surface area contributed by atoms with E-state index in [-0.39, 0.29) is 25.0 Å². The highest BCUT2D eigenvalue weighted by Crippen LogP contribution is 2.35.